The Morgan fingerprint density at radius 3 is 2.53 bits per heavy atom. The van der Waals surface area contributed by atoms with E-state index in [-0.39, 0.29) is 5.54 Å². The molecule has 0 spiro atoms. The second kappa shape index (κ2) is 7.67. The molecule has 3 heteroatoms. The SMILES string of the molecule is CCC(C)CC(C#N)(CC)NCCOC. The molecule has 3 nitrogen and oxygen atoms in total. The first-order valence-corrected chi connectivity index (χ1v) is 5.79. The Labute approximate surface area is 93.8 Å². The summed E-state index contributed by atoms with van der Waals surface area (Å²) >= 11 is 0. The quantitative estimate of drug-likeness (QED) is 0.628. The highest BCUT2D eigenvalue weighted by Crippen LogP contribution is 2.21. The van der Waals surface area contributed by atoms with Crippen LogP contribution in [0.2, 0.25) is 0 Å². The van der Waals surface area contributed by atoms with Crippen molar-refractivity contribution in [3.05, 3.63) is 0 Å². The van der Waals surface area contributed by atoms with E-state index in [9.17, 15) is 5.26 Å². The Bertz CT molecular complexity index is 200. The standard InChI is InChI=1S/C12H24N2O/c1-5-11(3)9-12(6-2,10-13)14-7-8-15-4/h11,14H,5-9H2,1-4H3. The topological polar surface area (TPSA) is 45.0 Å². The maximum absolute atomic E-state index is 9.27. The summed E-state index contributed by atoms with van der Waals surface area (Å²) in [5.74, 6) is 0.583. The Morgan fingerprint density at radius 2 is 2.13 bits per heavy atom. The monoisotopic (exact) mass is 212 g/mol. The predicted octanol–water partition coefficient (Wildman–Crippen LogP) is 2.33. The lowest BCUT2D eigenvalue weighted by Crippen LogP contribution is -2.46. The zero-order valence-corrected chi connectivity index (χ0v) is 10.5. The number of nitrogens with one attached hydrogen (secondary N) is 1. The molecule has 0 heterocycles. The third-order valence-electron chi connectivity index (χ3n) is 2.98. The van der Waals surface area contributed by atoms with Gasteiger partial charge >= 0.3 is 0 Å². The Balaban J connectivity index is 4.25. The van der Waals surface area contributed by atoms with Gasteiger partial charge in [-0.1, -0.05) is 27.2 Å². The molecule has 0 aliphatic heterocycles. The van der Waals surface area contributed by atoms with Gasteiger partial charge in [-0.2, -0.15) is 5.26 Å². The van der Waals surface area contributed by atoms with E-state index in [2.05, 4.69) is 32.2 Å². The molecule has 0 amide bonds. The summed E-state index contributed by atoms with van der Waals surface area (Å²) in [4.78, 5) is 0. The molecule has 0 fully saturated rings. The molecule has 0 bridgehead atoms. The van der Waals surface area contributed by atoms with Gasteiger partial charge in [0.2, 0.25) is 0 Å². The minimum atomic E-state index is -0.367. The van der Waals surface area contributed by atoms with Gasteiger partial charge < -0.3 is 4.74 Å². The molecule has 0 saturated carbocycles. The van der Waals surface area contributed by atoms with Crippen molar-refractivity contribution in [1.82, 2.24) is 5.32 Å². The van der Waals surface area contributed by atoms with E-state index in [1.165, 1.54) is 0 Å². The number of nitriles is 1. The van der Waals surface area contributed by atoms with E-state index >= 15 is 0 Å². The summed E-state index contributed by atoms with van der Waals surface area (Å²) in [7, 11) is 1.68. The maximum Gasteiger partial charge on any atom is 0.106 e. The van der Waals surface area contributed by atoms with Gasteiger partial charge in [0.1, 0.15) is 5.54 Å². The summed E-state index contributed by atoms with van der Waals surface area (Å²) in [5.41, 5.74) is -0.367. The smallest absolute Gasteiger partial charge is 0.106 e. The largest absolute Gasteiger partial charge is 0.383 e. The van der Waals surface area contributed by atoms with E-state index in [0.29, 0.717) is 12.5 Å². The van der Waals surface area contributed by atoms with Crippen LogP contribution in [-0.4, -0.2) is 25.8 Å². The van der Waals surface area contributed by atoms with Crippen molar-refractivity contribution < 1.29 is 4.74 Å². The average molecular weight is 212 g/mol. The third-order valence-corrected chi connectivity index (χ3v) is 2.98. The van der Waals surface area contributed by atoms with Gasteiger partial charge in [-0.25, -0.2) is 0 Å². The second-order valence-electron chi connectivity index (χ2n) is 4.18. The van der Waals surface area contributed by atoms with Crippen molar-refractivity contribution in [3.63, 3.8) is 0 Å². The Hall–Kier alpha value is -0.590. The number of nitrogens with zero attached hydrogens (tertiary/aromatic N) is 1. The predicted molar refractivity (Wildman–Crippen MR) is 62.6 cm³/mol. The van der Waals surface area contributed by atoms with E-state index in [1.807, 2.05) is 0 Å². The van der Waals surface area contributed by atoms with Crippen LogP contribution in [0, 0.1) is 17.2 Å². The van der Waals surface area contributed by atoms with Crippen molar-refractivity contribution in [1.29, 1.82) is 5.26 Å². The molecule has 0 aliphatic carbocycles. The second-order valence-corrected chi connectivity index (χ2v) is 4.18. The van der Waals surface area contributed by atoms with Gasteiger partial charge in [0, 0.05) is 13.7 Å². The molecule has 0 rings (SSSR count). The van der Waals surface area contributed by atoms with Crippen LogP contribution in [0.15, 0.2) is 0 Å². The number of rotatable bonds is 8. The van der Waals surface area contributed by atoms with Crippen LogP contribution in [0.4, 0.5) is 0 Å². The minimum Gasteiger partial charge on any atom is -0.383 e. The molecule has 2 atom stereocenters. The zero-order chi connectivity index (χ0) is 11.7. The summed E-state index contributed by atoms with van der Waals surface area (Å²) < 4.78 is 4.99. The van der Waals surface area contributed by atoms with Crippen LogP contribution in [0.25, 0.3) is 0 Å². The first kappa shape index (κ1) is 14.4. The lowest BCUT2D eigenvalue weighted by Gasteiger charge is -2.29. The Kier molecular flexibility index (Phi) is 7.37. The Morgan fingerprint density at radius 1 is 1.47 bits per heavy atom. The molecule has 15 heavy (non-hydrogen) atoms. The molecule has 88 valence electrons. The fraction of sp³-hybridized carbons (Fsp3) is 0.917. The van der Waals surface area contributed by atoms with Crippen LogP contribution in [0.5, 0.6) is 0 Å². The van der Waals surface area contributed by atoms with Crippen molar-refractivity contribution in [2.75, 3.05) is 20.3 Å². The van der Waals surface area contributed by atoms with E-state index in [1.54, 1.807) is 7.11 Å². The van der Waals surface area contributed by atoms with Crippen molar-refractivity contribution in [2.45, 2.75) is 45.6 Å². The molecule has 0 saturated heterocycles. The molecule has 0 aromatic rings. The van der Waals surface area contributed by atoms with E-state index < -0.39 is 0 Å². The normalized spacial score (nSPS) is 16.7. The number of hydrogen-bond donors (Lipinski definition) is 1. The number of hydrogen-bond acceptors (Lipinski definition) is 3. The highest BCUT2D eigenvalue weighted by molar-refractivity contribution is 5.06. The number of ether oxygens (including phenoxy) is 1. The summed E-state index contributed by atoms with van der Waals surface area (Å²) in [5, 5.41) is 12.6. The molecule has 0 aliphatic rings. The molecule has 2 unspecified atom stereocenters. The van der Waals surface area contributed by atoms with E-state index in [4.69, 9.17) is 4.74 Å². The minimum absolute atomic E-state index is 0.367. The fourth-order valence-electron chi connectivity index (χ4n) is 1.64. The molecular formula is C12H24N2O. The highest BCUT2D eigenvalue weighted by atomic mass is 16.5. The van der Waals surface area contributed by atoms with Crippen LogP contribution >= 0.6 is 0 Å². The van der Waals surface area contributed by atoms with Gasteiger partial charge in [0.15, 0.2) is 0 Å². The molecular weight excluding hydrogens is 188 g/mol. The van der Waals surface area contributed by atoms with Gasteiger partial charge in [-0.3, -0.25) is 5.32 Å². The fourth-order valence-corrected chi connectivity index (χ4v) is 1.64. The maximum atomic E-state index is 9.27. The van der Waals surface area contributed by atoms with Crippen molar-refractivity contribution in [2.24, 2.45) is 5.92 Å². The van der Waals surface area contributed by atoms with Gasteiger partial charge in [0.05, 0.1) is 12.7 Å². The lowest BCUT2D eigenvalue weighted by molar-refractivity contribution is 0.185. The zero-order valence-electron chi connectivity index (χ0n) is 10.5. The lowest BCUT2D eigenvalue weighted by atomic mass is 9.86. The molecule has 1 N–H and O–H groups in total. The third kappa shape index (κ3) is 5.15. The summed E-state index contributed by atoms with van der Waals surface area (Å²) in [6.07, 6.45) is 2.88. The van der Waals surface area contributed by atoms with Crippen LogP contribution in [0.1, 0.15) is 40.0 Å². The molecule has 0 radical (unpaired) electrons. The van der Waals surface area contributed by atoms with Crippen molar-refractivity contribution >= 4 is 0 Å². The van der Waals surface area contributed by atoms with Gasteiger partial charge in [-0.15, -0.1) is 0 Å². The van der Waals surface area contributed by atoms with Crippen molar-refractivity contribution in [3.8, 4) is 6.07 Å². The summed E-state index contributed by atoms with van der Waals surface area (Å²) in [6.45, 7) is 7.82. The molecule has 0 aromatic carbocycles. The van der Waals surface area contributed by atoms with Gasteiger partial charge in [-0.05, 0) is 18.8 Å². The first-order chi connectivity index (χ1) is 7.14. The first-order valence-electron chi connectivity index (χ1n) is 5.79. The van der Waals surface area contributed by atoms with Gasteiger partial charge in [0.25, 0.3) is 0 Å². The molecule has 0 aromatic heterocycles. The summed E-state index contributed by atoms with van der Waals surface area (Å²) in [6, 6.07) is 2.42. The average Bonchev–Trinajstić information content (AvgIpc) is 2.27. The van der Waals surface area contributed by atoms with Crippen LogP contribution in [0.3, 0.4) is 0 Å². The number of methoxy groups -OCH3 is 1. The van der Waals surface area contributed by atoms with E-state index in [0.717, 1.165) is 25.8 Å². The van der Waals surface area contributed by atoms with Crippen LogP contribution in [-0.2, 0) is 4.74 Å². The van der Waals surface area contributed by atoms with Crippen LogP contribution < -0.4 is 5.32 Å². The highest BCUT2D eigenvalue weighted by Gasteiger charge is 2.28.